The second-order valence-electron chi connectivity index (χ2n) is 11.0. The molecule has 1 aromatic carbocycles. The lowest BCUT2D eigenvalue weighted by Crippen LogP contribution is -2.71. The van der Waals surface area contributed by atoms with Crippen LogP contribution < -0.4 is 21.5 Å². The Balaban J connectivity index is 1.12. The van der Waals surface area contributed by atoms with Crippen LogP contribution in [0.4, 0.5) is 5.13 Å². The minimum absolute atomic E-state index is 0.00583. The number of fused-ring (bicyclic) bond motifs is 2. The van der Waals surface area contributed by atoms with Gasteiger partial charge in [0.05, 0.1) is 4.90 Å². The third kappa shape index (κ3) is 7.68. The van der Waals surface area contributed by atoms with E-state index in [0.717, 1.165) is 34.4 Å². The topological polar surface area (TPSA) is 320 Å². The van der Waals surface area contributed by atoms with Gasteiger partial charge in [-0.2, -0.15) is 9.50 Å². The van der Waals surface area contributed by atoms with Crippen molar-refractivity contribution in [3.05, 3.63) is 58.1 Å². The molecule has 0 aliphatic carbocycles. The minimum Gasteiger partial charge on any atom is -0.504 e. The van der Waals surface area contributed by atoms with Gasteiger partial charge in [0.1, 0.15) is 34.4 Å². The van der Waals surface area contributed by atoms with Gasteiger partial charge >= 0.3 is 5.97 Å². The van der Waals surface area contributed by atoms with Crippen LogP contribution in [-0.4, -0.2) is 119 Å². The van der Waals surface area contributed by atoms with E-state index >= 15 is 0 Å². The molecule has 2 atom stereocenters. The number of phenolic OH excluding ortho intramolecular Hbond substituents is 2. The lowest BCUT2D eigenvalue weighted by molar-refractivity contribution is -0.150. The number of amides is 3. The fraction of sp³-hybridized carbons (Fsp3) is 0.250. The highest BCUT2D eigenvalue weighted by Crippen LogP contribution is 2.41. The van der Waals surface area contributed by atoms with Gasteiger partial charge in [0.15, 0.2) is 22.3 Å². The van der Waals surface area contributed by atoms with Crippen molar-refractivity contribution in [3.8, 4) is 11.5 Å². The zero-order valence-corrected chi connectivity index (χ0v) is 30.3. The lowest BCUT2D eigenvalue weighted by atomic mass is 10.0. The number of carboxylic acids is 1. The number of thiazole rings is 1. The summed E-state index contributed by atoms with van der Waals surface area (Å²) in [6.07, 6.45) is 0. The van der Waals surface area contributed by atoms with Crippen LogP contribution in [0.3, 0.4) is 0 Å². The number of carbonyl (C=O) groups excluding carboxylic acids is 3. The summed E-state index contributed by atoms with van der Waals surface area (Å²) in [5.41, 5.74) is 11.4. The molecule has 21 nitrogen and oxygen atoms in total. The molecule has 0 radical (unpaired) electrons. The van der Waals surface area contributed by atoms with E-state index in [4.69, 9.17) is 16.3 Å². The average Bonchev–Trinajstić information content (AvgIpc) is 3.74. The Morgan fingerprint density at radius 2 is 1.94 bits per heavy atom. The van der Waals surface area contributed by atoms with Crippen molar-refractivity contribution < 1.29 is 47.8 Å². The number of primary amides is 1. The van der Waals surface area contributed by atoms with Crippen molar-refractivity contribution >= 4 is 85.2 Å². The first kappa shape index (κ1) is 37.3. The number of nitrogens with one attached hydrogen (secondary N) is 2. The van der Waals surface area contributed by atoms with Gasteiger partial charge in [-0.15, -0.1) is 40.0 Å². The van der Waals surface area contributed by atoms with Gasteiger partial charge in [-0.25, -0.2) is 27.9 Å². The smallest absolute Gasteiger partial charge is 0.352 e. The summed E-state index contributed by atoms with van der Waals surface area (Å²) < 4.78 is 28.6. The molecule has 3 aromatic heterocycles. The number of anilines is 1. The van der Waals surface area contributed by atoms with Crippen LogP contribution in [0, 0.1) is 6.92 Å². The molecule has 2 aliphatic rings. The fourth-order valence-electron chi connectivity index (χ4n) is 5.01. The number of thioether (sulfide) groups is 2. The van der Waals surface area contributed by atoms with E-state index in [9.17, 15) is 42.9 Å². The van der Waals surface area contributed by atoms with E-state index in [1.54, 1.807) is 13.0 Å². The van der Waals surface area contributed by atoms with E-state index in [1.165, 1.54) is 33.4 Å². The number of hydrogen-bond donors (Lipinski definition) is 7. The molecule has 4 aromatic rings. The third-order valence-electron chi connectivity index (χ3n) is 7.44. The monoisotopic (exact) mass is 805 g/mol. The largest absolute Gasteiger partial charge is 0.504 e. The van der Waals surface area contributed by atoms with Crippen LogP contribution >= 0.6 is 34.9 Å². The van der Waals surface area contributed by atoms with Crippen molar-refractivity contribution in [1.29, 1.82) is 0 Å². The summed E-state index contributed by atoms with van der Waals surface area (Å²) in [7, 11) is -4.11. The normalized spacial score (nSPS) is 17.4. The first-order chi connectivity index (χ1) is 25.1. The molecule has 53 heavy (non-hydrogen) atoms. The number of hydrogen-bond acceptors (Lipinski definition) is 18. The van der Waals surface area contributed by atoms with Crippen LogP contribution in [0.5, 0.6) is 11.5 Å². The minimum atomic E-state index is -4.11. The number of benzene rings is 1. The van der Waals surface area contributed by atoms with Crippen molar-refractivity contribution in [2.75, 3.05) is 30.4 Å². The highest BCUT2D eigenvalue weighted by Gasteiger charge is 2.54. The zero-order chi connectivity index (χ0) is 38.2. The lowest BCUT2D eigenvalue weighted by Gasteiger charge is -2.49. The Labute approximate surface area is 310 Å². The van der Waals surface area contributed by atoms with Crippen molar-refractivity contribution in [1.82, 2.24) is 39.5 Å². The van der Waals surface area contributed by atoms with Crippen LogP contribution in [0.2, 0.25) is 0 Å². The Hall–Kier alpha value is -5.50. The molecule has 278 valence electrons. The molecule has 0 spiro atoms. The number of β-lactam (4-membered cyclic amide) rings is 1. The first-order valence-corrected chi connectivity index (χ1v) is 19.3. The number of sulfonamides is 1. The van der Waals surface area contributed by atoms with Crippen LogP contribution in [0.25, 0.3) is 5.78 Å². The number of rotatable bonds is 14. The summed E-state index contributed by atoms with van der Waals surface area (Å²) in [6, 6.07) is 3.48. The summed E-state index contributed by atoms with van der Waals surface area (Å²) in [5, 5.41) is 40.9. The number of carboxylic acid groups (broad SMARTS) is 1. The molecular weight excluding hydrogens is 779 g/mol. The van der Waals surface area contributed by atoms with Crippen molar-refractivity contribution in [2.24, 2.45) is 10.9 Å². The molecule has 25 heteroatoms. The van der Waals surface area contributed by atoms with E-state index in [0.29, 0.717) is 16.3 Å². The molecule has 0 unspecified atom stereocenters. The second kappa shape index (κ2) is 14.9. The Morgan fingerprint density at radius 1 is 1.17 bits per heavy atom. The average molecular weight is 806 g/mol. The molecule has 2 aliphatic heterocycles. The van der Waals surface area contributed by atoms with E-state index in [2.05, 4.69) is 35.2 Å². The first-order valence-electron chi connectivity index (χ1n) is 15.0. The summed E-state index contributed by atoms with van der Waals surface area (Å²) in [4.78, 5) is 69.2. The SMILES string of the molecule is Cc1cc(SCC2=C(C(=O)O)N3C(=O)[C@@H](NC(=O)/C(=N\OCCNS(=O)(=O)c4ccc(O)c(O)c4)c4csc(N)n4)[C@H]3SC2)n2nc(C(N)=O)nc2n1. The maximum absolute atomic E-state index is 13.4. The number of aromatic nitrogens is 5. The van der Waals surface area contributed by atoms with Gasteiger partial charge in [-0.3, -0.25) is 19.3 Å². The molecule has 1 fully saturated rings. The Morgan fingerprint density at radius 3 is 2.62 bits per heavy atom. The number of aryl methyl sites for hydroxylation is 1. The molecule has 0 bridgehead atoms. The van der Waals surface area contributed by atoms with Gasteiger partial charge < -0.3 is 36.9 Å². The predicted molar refractivity (Wildman–Crippen MR) is 188 cm³/mol. The van der Waals surface area contributed by atoms with Crippen molar-refractivity contribution in [3.63, 3.8) is 0 Å². The maximum atomic E-state index is 13.4. The van der Waals surface area contributed by atoms with Gasteiger partial charge in [-0.1, -0.05) is 5.16 Å². The van der Waals surface area contributed by atoms with Crippen LogP contribution in [-0.2, 0) is 29.2 Å². The molecule has 0 saturated carbocycles. The molecule has 9 N–H and O–H groups in total. The third-order valence-corrected chi connectivity index (χ3v) is 12.0. The van der Waals surface area contributed by atoms with Crippen LogP contribution in [0.15, 0.2) is 56.0 Å². The highest BCUT2D eigenvalue weighted by molar-refractivity contribution is 8.01. The molecule has 6 rings (SSSR count). The number of oxime groups is 1. The summed E-state index contributed by atoms with van der Waals surface area (Å²) in [6.45, 7) is 1.03. The quantitative estimate of drug-likeness (QED) is 0.0156. The number of nitrogens with two attached hydrogens (primary N) is 2. The molecule has 5 heterocycles. The van der Waals surface area contributed by atoms with Gasteiger partial charge in [0.2, 0.25) is 15.8 Å². The van der Waals surface area contributed by atoms with E-state index < -0.39 is 56.6 Å². The number of nitrogens with zero attached hydrogens (tertiary/aromatic N) is 7. The number of carbonyl (C=O) groups is 4. The number of aliphatic carboxylic acids is 1. The van der Waals surface area contributed by atoms with Gasteiger partial charge in [0.25, 0.3) is 23.5 Å². The number of aromatic hydroxyl groups is 2. The summed E-state index contributed by atoms with van der Waals surface area (Å²) in [5.74, 6) is -4.68. The zero-order valence-electron chi connectivity index (χ0n) is 27.0. The second-order valence-corrected chi connectivity index (χ2v) is 15.8. The van der Waals surface area contributed by atoms with Crippen molar-refractivity contribution in [2.45, 2.75) is 28.3 Å². The van der Waals surface area contributed by atoms with E-state index in [1.807, 2.05) is 0 Å². The summed E-state index contributed by atoms with van der Waals surface area (Å²) >= 11 is 3.43. The Kier molecular flexibility index (Phi) is 10.4. The maximum Gasteiger partial charge on any atom is 0.352 e. The number of phenols is 2. The molecule has 1 saturated heterocycles. The molecule has 3 amide bonds. The standard InChI is InChI=1S/C28H27N11O10S4/c1-11-6-17(39-28(32-11)35-22(36-39)21(29)42)50-8-12-9-51-25-19(24(44)38(25)20(12)26(45)46)34-23(43)18(14-10-52-27(30)33-14)37-49-5-4-31-53(47,48)13-2-3-15(40)16(41)7-13/h2-3,6-7,10,19,25,31,40-41H,4-5,8-9H2,1H3,(H2,29,42)(H2,30,33)(H,34,43)(H,45,46)/b37-18-/t19-,25-/m1/s1. The van der Waals surface area contributed by atoms with Crippen LogP contribution in [0.1, 0.15) is 22.0 Å². The molecular formula is C28H27N11O10S4. The highest BCUT2D eigenvalue weighted by atomic mass is 32.2. The fourth-order valence-corrected chi connectivity index (χ4v) is 9.13. The number of nitrogen functional groups attached to an aromatic ring is 1. The predicted octanol–water partition coefficient (Wildman–Crippen LogP) is -0.788. The van der Waals surface area contributed by atoms with E-state index in [-0.39, 0.29) is 63.4 Å². The Bertz CT molecular complexity index is 2340. The van der Waals surface area contributed by atoms with Gasteiger partial charge in [0, 0.05) is 35.2 Å². The van der Waals surface area contributed by atoms with Gasteiger partial charge in [-0.05, 0) is 30.7 Å².